The fourth-order valence-electron chi connectivity index (χ4n) is 2.37. The van der Waals surface area contributed by atoms with Gasteiger partial charge in [0.1, 0.15) is 12.3 Å². The molecule has 0 bridgehead atoms. The van der Waals surface area contributed by atoms with Crippen molar-refractivity contribution in [1.29, 1.82) is 0 Å². The molecule has 0 saturated heterocycles. The van der Waals surface area contributed by atoms with E-state index in [2.05, 4.69) is 11.9 Å². The summed E-state index contributed by atoms with van der Waals surface area (Å²) in [4.78, 5) is 23.9. The first-order valence-electron chi connectivity index (χ1n) is 8.86. The normalized spacial score (nSPS) is 10.9. The zero-order valence-electron chi connectivity index (χ0n) is 16.2. The van der Waals surface area contributed by atoms with E-state index in [1.54, 1.807) is 36.4 Å². The summed E-state index contributed by atoms with van der Waals surface area (Å²) in [7, 11) is 0. The van der Waals surface area contributed by atoms with E-state index in [0.29, 0.717) is 29.2 Å². The van der Waals surface area contributed by atoms with Crippen LogP contribution in [-0.4, -0.2) is 30.2 Å². The highest BCUT2D eigenvalue weighted by molar-refractivity contribution is 6.32. The maximum atomic E-state index is 12.3. The number of halogens is 1. The van der Waals surface area contributed by atoms with Crippen LogP contribution in [0.1, 0.15) is 29.8 Å². The molecule has 2 aromatic carbocycles. The lowest BCUT2D eigenvalue weighted by atomic mass is 10.1. The number of carbonyl (C=O) groups excluding carboxylic acids is 1. The number of rotatable bonds is 9. The van der Waals surface area contributed by atoms with Crippen molar-refractivity contribution in [1.82, 2.24) is 5.32 Å². The van der Waals surface area contributed by atoms with E-state index in [9.17, 15) is 14.7 Å². The third kappa shape index (κ3) is 6.40. The average molecular weight is 416 g/mol. The van der Waals surface area contributed by atoms with Crippen LogP contribution < -0.4 is 14.8 Å². The molecule has 2 rings (SSSR count). The lowest BCUT2D eigenvalue weighted by Gasteiger charge is -2.15. The van der Waals surface area contributed by atoms with Gasteiger partial charge in [-0.1, -0.05) is 36.4 Å². The van der Waals surface area contributed by atoms with Gasteiger partial charge < -0.3 is 19.9 Å². The molecule has 7 heteroatoms. The third-order valence-electron chi connectivity index (χ3n) is 3.62. The minimum Gasteiger partial charge on any atom is -0.490 e. The zero-order chi connectivity index (χ0) is 21.4. The summed E-state index contributed by atoms with van der Waals surface area (Å²) in [5.74, 6) is -1.10. The van der Waals surface area contributed by atoms with Gasteiger partial charge in [0, 0.05) is 5.56 Å². The van der Waals surface area contributed by atoms with Gasteiger partial charge in [-0.3, -0.25) is 4.79 Å². The highest BCUT2D eigenvalue weighted by atomic mass is 35.5. The number of carboxylic acid groups (broad SMARTS) is 1. The van der Waals surface area contributed by atoms with Crippen LogP contribution in [-0.2, 0) is 4.79 Å². The minimum absolute atomic E-state index is 0.252. The summed E-state index contributed by atoms with van der Waals surface area (Å²) >= 11 is 6.32. The molecule has 1 amide bonds. The van der Waals surface area contributed by atoms with Crippen molar-refractivity contribution >= 4 is 29.6 Å². The Morgan fingerprint density at radius 3 is 2.48 bits per heavy atom. The summed E-state index contributed by atoms with van der Waals surface area (Å²) < 4.78 is 11.2. The van der Waals surface area contributed by atoms with E-state index >= 15 is 0 Å². The highest BCUT2D eigenvalue weighted by Crippen LogP contribution is 2.37. The molecule has 0 heterocycles. The summed E-state index contributed by atoms with van der Waals surface area (Å²) in [6.45, 7) is 8.04. The number of ether oxygens (including phenoxy) is 2. The van der Waals surface area contributed by atoms with Gasteiger partial charge in [0.25, 0.3) is 5.91 Å². The lowest BCUT2D eigenvalue weighted by Crippen LogP contribution is -2.27. The van der Waals surface area contributed by atoms with E-state index in [1.807, 2.05) is 13.8 Å². The fourth-order valence-corrected chi connectivity index (χ4v) is 2.65. The molecule has 0 fully saturated rings. The molecule has 0 spiro atoms. The molecule has 0 aliphatic rings. The van der Waals surface area contributed by atoms with Crippen molar-refractivity contribution in [2.24, 2.45) is 0 Å². The van der Waals surface area contributed by atoms with Gasteiger partial charge in [0.05, 0.1) is 11.6 Å². The molecular weight excluding hydrogens is 394 g/mol. The van der Waals surface area contributed by atoms with Gasteiger partial charge in [0.2, 0.25) is 0 Å². The summed E-state index contributed by atoms with van der Waals surface area (Å²) in [5.41, 5.74) is 1.29. The Morgan fingerprint density at radius 2 is 1.90 bits per heavy atom. The number of benzene rings is 2. The Labute approximate surface area is 174 Å². The second-order valence-electron chi connectivity index (χ2n) is 6.19. The maximum Gasteiger partial charge on any atom is 0.352 e. The second-order valence-corrected chi connectivity index (χ2v) is 6.60. The average Bonchev–Trinajstić information content (AvgIpc) is 2.67. The molecular formula is C22H22ClNO5. The second kappa shape index (κ2) is 10.3. The van der Waals surface area contributed by atoms with Crippen LogP contribution in [0.3, 0.4) is 0 Å². The Bertz CT molecular complexity index is 938. The van der Waals surface area contributed by atoms with Crippen LogP contribution in [0.4, 0.5) is 0 Å². The van der Waals surface area contributed by atoms with Crippen molar-refractivity contribution in [3.8, 4) is 11.5 Å². The molecule has 2 aromatic rings. The highest BCUT2D eigenvalue weighted by Gasteiger charge is 2.16. The molecule has 0 aliphatic carbocycles. The smallest absolute Gasteiger partial charge is 0.352 e. The molecule has 29 heavy (non-hydrogen) atoms. The molecule has 0 aliphatic heterocycles. The number of carbonyl (C=O) groups is 2. The van der Waals surface area contributed by atoms with E-state index < -0.39 is 11.9 Å². The first kappa shape index (κ1) is 22.0. The fraction of sp³-hybridized carbons (Fsp3) is 0.182. The van der Waals surface area contributed by atoms with Gasteiger partial charge in [-0.15, -0.1) is 0 Å². The van der Waals surface area contributed by atoms with Gasteiger partial charge in [-0.25, -0.2) is 4.79 Å². The first-order chi connectivity index (χ1) is 13.8. The number of nitrogens with one attached hydrogen (secondary N) is 1. The van der Waals surface area contributed by atoms with Crippen molar-refractivity contribution < 1.29 is 24.2 Å². The monoisotopic (exact) mass is 415 g/mol. The Kier molecular flexibility index (Phi) is 7.86. The van der Waals surface area contributed by atoms with Crippen molar-refractivity contribution in [3.63, 3.8) is 0 Å². The van der Waals surface area contributed by atoms with Crippen LogP contribution in [0.5, 0.6) is 11.5 Å². The topological polar surface area (TPSA) is 84.9 Å². The Balaban J connectivity index is 2.36. The summed E-state index contributed by atoms with van der Waals surface area (Å²) in [6.07, 6.45) is 1.31. The van der Waals surface area contributed by atoms with E-state index in [4.69, 9.17) is 21.1 Å². The first-order valence-corrected chi connectivity index (χ1v) is 9.24. The third-order valence-corrected chi connectivity index (χ3v) is 3.90. The number of hydrogen-bond acceptors (Lipinski definition) is 4. The minimum atomic E-state index is -1.29. The van der Waals surface area contributed by atoms with Crippen molar-refractivity contribution in [2.45, 2.75) is 13.8 Å². The van der Waals surface area contributed by atoms with E-state index in [1.165, 1.54) is 12.1 Å². The number of carboxylic acids is 1. The van der Waals surface area contributed by atoms with E-state index in [-0.39, 0.29) is 17.3 Å². The molecule has 152 valence electrons. The number of aliphatic carboxylic acids is 1. The van der Waals surface area contributed by atoms with Crippen LogP contribution >= 0.6 is 11.6 Å². The van der Waals surface area contributed by atoms with Gasteiger partial charge >= 0.3 is 5.97 Å². The van der Waals surface area contributed by atoms with Crippen LogP contribution in [0, 0.1) is 0 Å². The van der Waals surface area contributed by atoms with Crippen LogP contribution in [0.2, 0.25) is 5.02 Å². The van der Waals surface area contributed by atoms with Crippen LogP contribution in [0.25, 0.3) is 6.08 Å². The molecule has 0 unspecified atom stereocenters. The Morgan fingerprint density at radius 1 is 1.21 bits per heavy atom. The molecule has 0 radical (unpaired) electrons. The maximum absolute atomic E-state index is 12.3. The SMILES string of the molecule is C=C(C)COc1c(Cl)cc(C=C(NC(=O)c2ccccc2)C(=O)O)cc1OCC. The predicted octanol–water partition coefficient (Wildman–Crippen LogP) is 4.55. The van der Waals surface area contributed by atoms with Crippen LogP contribution in [0.15, 0.2) is 60.3 Å². The molecule has 0 saturated carbocycles. The summed E-state index contributed by atoms with van der Waals surface area (Å²) in [5, 5.41) is 12.1. The predicted molar refractivity (Wildman–Crippen MR) is 112 cm³/mol. The Hall–Kier alpha value is -3.25. The molecule has 6 nitrogen and oxygen atoms in total. The summed E-state index contributed by atoms with van der Waals surface area (Å²) in [6, 6.07) is 11.5. The quantitative estimate of drug-likeness (QED) is 0.463. The van der Waals surface area contributed by atoms with Gasteiger partial charge in [-0.05, 0) is 55.3 Å². The number of amides is 1. The molecule has 0 aromatic heterocycles. The molecule has 0 atom stereocenters. The lowest BCUT2D eigenvalue weighted by molar-refractivity contribution is -0.132. The van der Waals surface area contributed by atoms with Gasteiger partial charge in [-0.2, -0.15) is 0 Å². The number of hydrogen-bond donors (Lipinski definition) is 2. The van der Waals surface area contributed by atoms with Crippen molar-refractivity contribution in [2.75, 3.05) is 13.2 Å². The molecule has 2 N–H and O–H groups in total. The largest absolute Gasteiger partial charge is 0.490 e. The van der Waals surface area contributed by atoms with Crippen molar-refractivity contribution in [3.05, 3.63) is 76.5 Å². The zero-order valence-corrected chi connectivity index (χ0v) is 17.0. The van der Waals surface area contributed by atoms with E-state index in [0.717, 1.165) is 5.57 Å². The standard InChI is InChI=1S/C22H22ClNO5/c1-4-28-19-12-15(10-17(23)20(19)29-13-14(2)3)11-18(22(26)27)24-21(25)16-8-6-5-7-9-16/h5-12H,2,4,13H2,1,3H3,(H,24,25)(H,26,27). The van der Waals surface area contributed by atoms with Gasteiger partial charge in [0.15, 0.2) is 11.5 Å².